The number of methoxy groups -OCH3 is 1. The first-order valence-corrected chi connectivity index (χ1v) is 5.49. The Morgan fingerprint density at radius 1 is 1.61 bits per heavy atom. The molecular formula is C10H14N4O4. The number of rotatable bonds is 4. The van der Waals surface area contributed by atoms with Gasteiger partial charge >= 0.3 is 0 Å². The fraction of sp³-hybridized carbons (Fsp3) is 0.500. The summed E-state index contributed by atoms with van der Waals surface area (Å²) in [5, 5.41) is 16.4. The first kappa shape index (κ1) is 12.5. The Kier molecular flexibility index (Phi) is 3.58. The Hall–Kier alpha value is -1.93. The van der Waals surface area contributed by atoms with Crippen molar-refractivity contribution in [1.29, 1.82) is 0 Å². The molecule has 0 spiro atoms. The maximum absolute atomic E-state index is 11.8. The summed E-state index contributed by atoms with van der Waals surface area (Å²) in [5.41, 5.74) is 0.0384. The van der Waals surface area contributed by atoms with Gasteiger partial charge in [0.2, 0.25) is 0 Å². The molecule has 1 aliphatic heterocycles. The van der Waals surface area contributed by atoms with E-state index in [-0.39, 0.29) is 29.4 Å². The van der Waals surface area contributed by atoms with Crippen LogP contribution in [0.1, 0.15) is 10.5 Å². The number of nitrogens with zero attached hydrogens (tertiary/aromatic N) is 1. The maximum Gasteiger partial charge on any atom is 0.287 e. The van der Waals surface area contributed by atoms with Crippen molar-refractivity contribution in [2.75, 3.05) is 20.2 Å². The third kappa shape index (κ3) is 2.49. The van der Waals surface area contributed by atoms with Crippen molar-refractivity contribution in [3.63, 3.8) is 0 Å². The van der Waals surface area contributed by atoms with Gasteiger partial charge in [0.15, 0.2) is 0 Å². The monoisotopic (exact) mass is 254 g/mol. The number of carbonyl (C=O) groups is 1. The van der Waals surface area contributed by atoms with E-state index >= 15 is 0 Å². The van der Waals surface area contributed by atoms with Crippen LogP contribution in [0.3, 0.4) is 0 Å². The fourth-order valence-electron chi connectivity index (χ4n) is 1.91. The Balaban J connectivity index is 2.00. The third-order valence-corrected chi connectivity index (χ3v) is 2.90. The second kappa shape index (κ2) is 5.15. The molecule has 8 heteroatoms. The third-order valence-electron chi connectivity index (χ3n) is 2.90. The number of H-pyrrole nitrogens is 1. The molecule has 18 heavy (non-hydrogen) atoms. The van der Waals surface area contributed by atoms with E-state index in [1.54, 1.807) is 7.11 Å². The Morgan fingerprint density at radius 3 is 3.00 bits per heavy atom. The predicted octanol–water partition coefficient (Wildman–Crippen LogP) is -0.360. The number of nitro groups is 1. The van der Waals surface area contributed by atoms with Crippen molar-refractivity contribution in [1.82, 2.24) is 15.6 Å². The number of nitrogens with one attached hydrogen (secondary N) is 3. The average Bonchev–Trinajstić information content (AvgIpc) is 2.96. The SMILES string of the molecule is CO[C@H]1CNCC1NC(=O)c1cc([N+](=O)[O-])c[nH]1. The average molecular weight is 254 g/mol. The highest BCUT2D eigenvalue weighted by Gasteiger charge is 2.29. The van der Waals surface area contributed by atoms with Crippen LogP contribution < -0.4 is 10.6 Å². The number of aromatic nitrogens is 1. The van der Waals surface area contributed by atoms with Crippen LogP contribution in [0.2, 0.25) is 0 Å². The van der Waals surface area contributed by atoms with Gasteiger partial charge in [-0.3, -0.25) is 14.9 Å². The van der Waals surface area contributed by atoms with Crippen LogP contribution in [0.5, 0.6) is 0 Å². The molecule has 98 valence electrons. The zero-order valence-corrected chi connectivity index (χ0v) is 9.80. The molecule has 1 unspecified atom stereocenters. The first-order valence-electron chi connectivity index (χ1n) is 5.49. The van der Waals surface area contributed by atoms with Gasteiger partial charge in [0, 0.05) is 26.3 Å². The Morgan fingerprint density at radius 2 is 2.39 bits per heavy atom. The van der Waals surface area contributed by atoms with Crippen LogP contribution in [0, 0.1) is 10.1 Å². The molecule has 8 nitrogen and oxygen atoms in total. The van der Waals surface area contributed by atoms with Crippen LogP contribution >= 0.6 is 0 Å². The fourth-order valence-corrected chi connectivity index (χ4v) is 1.91. The van der Waals surface area contributed by atoms with Gasteiger partial charge in [-0.1, -0.05) is 0 Å². The molecule has 0 radical (unpaired) electrons. The van der Waals surface area contributed by atoms with E-state index in [2.05, 4.69) is 15.6 Å². The van der Waals surface area contributed by atoms with E-state index in [1.807, 2.05) is 0 Å². The molecule has 3 N–H and O–H groups in total. The molecule has 1 saturated heterocycles. The second-order valence-corrected chi connectivity index (χ2v) is 4.04. The molecule has 0 bridgehead atoms. The van der Waals surface area contributed by atoms with Crippen LogP contribution in [0.25, 0.3) is 0 Å². The standard InChI is InChI=1S/C10H14N4O4/c1-18-9-5-11-4-8(9)13-10(15)7-2-6(3-12-7)14(16)17/h2-3,8-9,11-12H,4-5H2,1H3,(H,13,15)/t8?,9-/m0/s1. The lowest BCUT2D eigenvalue weighted by molar-refractivity contribution is -0.384. The lowest BCUT2D eigenvalue weighted by Gasteiger charge is -2.17. The molecule has 2 heterocycles. The predicted molar refractivity (Wildman–Crippen MR) is 62.4 cm³/mol. The van der Waals surface area contributed by atoms with Gasteiger partial charge in [-0.15, -0.1) is 0 Å². The zero-order valence-electron chi connectivity index (χ0n) is 9.80. The summed E-state index contributed by atoms with van der Waals surface area (Å²) >= 11 is 0. The smallest absolute Gasteiger partial charge is 0.287 e. The molecule has 2 rings (SSSR count). The van der Waals surface area contributed by atoms with Crippen LogP contribution in [-0.4, -0.2) is 48.2 Å². The van der Waals surface area contributed by atoms with Gasteiger partial charge in [0.05, 0.1) is 23.3 Å². The molecule has 0 saturated carbocycles. The summed E-state index contributed by atoms with van der Waals surface area (Å²) in [5.74, 6) is -0.376. The van der Waals surface area contributed by atoms with Gasteiger partial charge in [0.1, 0.15) is 5.69 Å². The van der Waals surface area contributed by atoms with Crippen molar-refractivity contribution in [3.05, 3.63) is 28.1 Å². The normalized spacial score (nSPS) is 22.9. The van der Waals surface area contributed by atoms with Gasteiger partial charge in [-0.05, 0) is 0 Å². The van der Waals surface area contributed by atoms with E-state index in [0.29, 0.717) is 13.1 Å². The maximum atomic E-state index is 11.8. The largest absolute Gasteiger partial charge is 0.378 e. The minimum Gasteiger partial charge on any atom is -0.378 e. The lowest BCUT2D eigenvalue weighted by Crippen LogP contribution is -2.43. The molecule has 1 aromatic heterocycles. The van der Waals surface area contributed by atoms with Crippen molar-refractivity contribution in [2.24, 2.45) is 0 Å². The topological polar surface area (TPSA) is 109 Å². The summed E-state index contributed by atoms with van der Waals surface area (Å²) in [6.45, 7) is 1.29. The van der Waals surface area contributed by atoms with E-state index in [9.17, 15) is 14.9 Å². The summed E-state index contributed by atoms with van der Waals surface area (Å²) in [6, 6.07) is 1.07. The number of carbonyl (C=O) groups excluding carboxylic acids is 1. The van der Waals surface area contributed by atoms with E-state index < -0.39 is 4.92 Å². The minimum atomic E-state index is -0.553. The Bertz CT molecular complexity index is 458. The molecule has 1 amide bonds. The molecule has 0 aliphatic carbocycles. The highest BCUT2D eigenvalue weighted by atomic mass is 16.6. The number of amides is 1. The van der Waals surface area contributed by atoms with Crippen molar-refractivity contribution < 1.29 is 14.5 Å². The molecule has 1 fully saturated rings. The van der Waals surface area contributed by atoms with Gasteiger partial charge in [-0.25, -0.2) is 0 Å². The summed E-state index contributed by atoms with van der Waals surface area (Å²) in [6.07, 6.45) is 1.11. The van der Waals surface area contributed by atoms with Gasteiger partial charge < -0.3 is 20.4 Å². The molecule has 2 atom stereocenters. The molecule has 1 aliphatic rings. The molecular weight excluding hydrogens is 240 g/mol. The quantitative estimate of drug-likeness (QED) is 0.502. The lowest BCUT2D eigenvalue weighted by atomic mass is 10.2. The summed E-state index contributed by atoms with van der Waals surface area (Å²) < 4.78 is 5.21. The number of hydrogen-bond donors (Lipinski definition) is 3. The number of aromatic amines is 1. The summed E-state index contributed by atoms with van der Waals surface area (Å²) in [7, 11) is 1.58. The Labute approximate surface area is 103 Å². The highest BCUT2D eigenvalue weighted by molar-refractivity contribution is 5.93. The second-order valence-electron chi connectivity index (χ2n) is 4.04. The van der Waals surface area contributed by atoms with E-state index in [0.717, 1.165) is 0 Å². The van der Waals surface area contributed by atoms with Gasteiger partial charge in [-0.2, -0.15) is 0 Å². The van der Waals surface area contributed by atoms with Crippen molar-refractivity contribution in [3.8, 4) is 0 Å². The van der Waals surface area contributed by atoms with Crippen LogP contribution in [0.4, 0.5) is 5.69 Å². The first-order chi connectivity index (χ1) is 8.61. The van der Waals surface area contributed by atoms with Crippen LogP contribution in [0.15, 0.2) is 12.3 Å². The number of hydrogen-bond acceptors (Lipinski definition) is 5. The highest BCUT2D eigenvalue weighted by Crippen LogP contribution is 2.12. The van der Waals surface area contributed by atoms with E-state index in [1.165, 1.54) is 12.3 Å². The van der Waals surface area contributed by atoms with Crippen molar-refractivity contribution >= 4 is 11.6 Å². The molecule has 1 aromatic rings. The number of ether oxygens (including phenoxy) is 1. The van der Waals surface area contributed by atoms with Crippen LogP contribution in [-0.2, 0) is 4.74 Å². The van der Waals surface area contributed by atoms with E-state index in [4.69, 9.17) is 4.74 Å². The minimum absolute atomic E-state index is 0.0844. The van der Waals surface area contributed by atoms with Gasteiger partial charge in [0.25, 0.3) is 11.6 Å². The summed E-state index contributed by atoms with van der Waals surface area (Å²) in [4.78, 5) is 24.4. The zero-order chi connectivity index (χ0) is 13.1. The molecule has 0 aromatic carbocycles. The van der Waals surface area contributed by atoms with Crippen molar-refractivity contribution in [2.45, 2.75) is 12.1 Å².